The standard InChI is InChI=1S/C17H18N2O3S3/c18-25(20,21)15-11-12(17(23)24)10-14(19-8-4-5-9-19)16(15)22-13-6-2-1-3-7-13/h1-3,6-7,10-11H,4-5,8-9H2,(H,23,24)(H2,18,20,21)/p-1. The number of ether oxygens (including phenoxy) is 1. The highest BCUT2D eigenvalue weighted by Gasteiger charge is 2.25. The third-order valence-electron chi connectivity index (χ3n) is 3.99. The van der Waals surface area contributed by atoms with Gasteiger partial charge in [-0.15, -0.1) is 4.20 Å². The second-order valence-corrected chi connectivity index (χ2v) is 8.37. The monoisotopic (exact) mass is 393 g/mol. The van der Waals surface area contributed by atoms with Crippen LogP contribution in [0.15, 0.2) is 47.4 Å². The minimum atomic E-state index is -4.02. The van der Waals surface area contributed by atoms with Crippen LogP contribution in [0, 0.1) is 0 Å². The Morgan fingerprint density at radius 2 is 1.80 bits per heavy atom. The summed E-state index contributed by atoms with van der Waals surface area (Å²) in [6.45, 7) is 1.62. The molecule has 0 aliphatic carbocycles. The lowest BCUT2D eigenvalue weighted by Gasteiger charge is -2.24. The first-order valence-corrected chi connectivity index (χ1v) is 10.1. The van der Waals surface area contributed by atoms with Gasteiger partial charge >= 0.3 is 0 Å². The summed E-state index contributed by atoms with van der Waals surface area (Å²) in [4.78, 5) is 1.97. The molecule has 0 bridgehead atoms. The molecule has 5 nitrogen and oxygen atoms in total. The maximum atomic E-state index is 12.2. The molecule has 0 atom stereocenters. The van der Waals surface area contributed by atoms with Crippen LogP contribution in [-0.2, 0) is 22.7 Å². The number of hydrogen-bond acceptors (Lipinski definition) is 6. The van der Waals surface area contributed by atoms with Crippen LogP contribution in [0.2, 0.25) is 0 Å². The zero-order valence-corrected chi connectivity index (χ0v) is 15.8. The van der Waals surface area contributed by atoms with Gasteiger partial charge in [0.1, 0.15) is 10.6 Å². The normalized spacial score (nSPS) is 14.5. The molecule has 0 radical (unpaired) electrons. The molecule has 8 heteroatoms. The molecule has 132 valence electrons. The number of sulfonamides is 1. The molecule has 25 heavy (non-hydrogen) atoms. The Balaban J connectivity index is 2.22. The van der Waals surface area contributed by atoms with Gasteiger partial charge in [0.25, 0.3) is 0 Å². The number of anilines is 1. The van der Waals surface area contributed by atoms with E-state index in [2.05, 4.69) is 4.90 Å². The van der Waals surface area contributed by atoms with Crippen molar-refractivity contribution in [3.63, 3.8) is 0 Å². The van der Waals surface area contributed by atoms with Crippen LogP contribution in [0.25, 0.3) is 0 Å². The number of nitrogens with zero attached hydrogens (tertiary/aromatic N) is 1. The van der Waals surface area contributed by atoms with Gasteiger partial charge in [0.05, 0.1) is 5.69 Å². The average molecular weight is 394 g/mol. The first-order valence-electron chi connectivity index (χ1n) is 7.76. The van der Waals surface area contributed by atoms with Crippen molar-refractivity contribution in [2.24, 2.45) is 5.14 Å². The number of benzene rings is 2. The number of hydrogen-bond donors (Lipinski definition) is 1. The highest BCUT2D eigenvalue weighted by molar-refractivity contribution is 8.01. The number of para-hydroxylation sites is 1. The maximum absolute atomic E-state index is 12.2. The molecule has 0 spiro atoms. The second-order valence-electron chi connectivity index (χ2n) is 5.76. The lowest BCUT2D eigenvalue weighted by molar-refractivity contribution is 0.467. The van der Waals surface area contributed by atoms with Crippen LogP contribution >= 0.6 is 12.2 Å². The third kappa shape index (κ3) is 4.09. The van der Waals surface area contributed by atoms with Gasteiger partial charge in [-0.1, -0.05) is 18.2 Å². The van der Waals surface area contributed by atoms with Crippen molar-refractivity contribution in [1.82, 2.24) is 0 Å². The van der Waals surface area contributed by atoms with Gasteiger partial charge < -0.3 is 34.5 Å². The van der Waals surface area contributed by atoms with E-state index in [4.69, 9.17) is 34.7 Å². The van der Waals surface area contributed by atoms with Crippen LogP contribution in [0.5, 0.6) is 11.5 Å². The van der Waals surface area contributed by atoms with Gasteiger partial charge in [0, 0.05) is 13.1 Å². The molecule has 1 heterocycles. The molecular formula is C17H17N2O3S3-. The molecule has 2 aromatic carbocycles. The Labute approximate surface area is 158 Å². The maximum Gasteiger partial charge on any atom is 0.241 e. The molecule has 1 saturated heterocycles. The lowest BCUT2D eigenvalue weighted by atomic mass is 10.2. The van der Waals surface area contributed by atoms with E-state index in [0.717, 1.165) is 25.9 Å². The molecule has 2 aromatic rings. The Morgan fingerprint density at radius 1 is 1.16 bits per heavy atom. The summed E-state index contributed by atoms with van der Waals surface area (Å²) in [5.41, 5.74) is 1.13. The number of primary sulfonamides is 1. The van der Waals surface area contributed by atoms with Gasteiger partial charge in [-0.2, -0.15) is 0 Å². The number of rotatable bonds is 5. The van der Waals surface area contributed by atoms with E-state index < -0.39 is 10.0 Å². The van der Waals surface area contributed by atoms with Crippen molar-refractivity contribution in [2.45, 2.75) is 17.7 Å². The summed E-state index contributed by atoms with van der Waals surface area (Å²) < 4.78 is 30.5. The first kappa shape index (κ1) is 18.1. The van der Waals surface area contributed by atoms with Crippen molar-refractivity contribution >= 4 is 44.8 Å². The summed E-state index contributed by atoms with van der Waals surface area (Å²) in [6, 6.07) is 12.2. The van der Waals surface area contributed by atoms with Gasteiger partial charge in [0.15, 0.2) is 5.75 Å². The Bertz CT molecular complexity index is 893. The van der Waals surface area contributed by atoms with Crippen molar-refractivity contribution in [3.05, 3.63) is 48.0 Å². The molecule has 0 aromatic heterocycles. The fourth-order valence-corrected chi connectivity index (χ4v) is 3.75. The van der Waals surface area contributed by atoms with Crippen LogP contribution < -0.4 is 14.8 Å². The van der Waals surface area contributed by atoms with Crippen molar-refractivity contribution in [3.8, 4) is 11.5 Å². The second kappa shape index (κ2) is 7.25. The molecule has 1 aliphatic rings. The van der Waals surface area contributed by atoms with Crippen LogP contribution in [-0.4, -0.2) is 25.7 Å². The molecule has 2 N–H and O–H groups in total. The Kier molecular flexibility index (Phi) is 5.24. The molecule has 0 unspecified atom stereocenters. The van der Waals surface area contributed by atoms with Crippen molar-refractivity contribution in [2.75, 3.05) is 18.0 Å². The summed E-state index contributed by atoms with van der Waals surface area (Å²) in [7, 11) is -4.02. The summed E-state index contributed by atoms with van der Waals surface area (Å²) in [5, 5.41) is 5.44. The highest BCUT2D eigenvalue weighted by atomic mass is 32.2. The average Bonchev–Trinajstić information content (AvgIpc) is 3.09. The number of thiocarbonyl (C=S) groups is 1. The molecule has 1 aliphatic heterocycles. The molecule has 0 saturated carbocycles. The minimum absolute atomic E-state index is 0.108. The van der Waals surface area contributed by atoms with Crippen molar-refractivity contribution < 1.29 is 13.2 Å². The van der Waals surface area contributed by atoms with Gasteiger partial charge in [-0.25, -0.2) is 13.6 Å². The summed E-state index contributed by atoms with van der Waals surface area (Å²) in [6.07, 6.45) is 2.05. The highest BCUT2D eigenvalue weighted by Crippen LogP contribution is 2.40. The predicted octanol–water partition coefficient (Wildman–Crippen LogP) is 2.95. The van der Waals surface area contributed by atoms with E-state index in [1.165, 1.54) is 6.07 Å². The first-order chi connectivity index (χ1) is 11.9. The van der Waals surface area contributed by atoms with E-state index in [9.17, 15) is 8.42 Å². The predicted molar refractivity (Wildman–Crippen MR) is 105 cm³/mol. The zero-order valence-electron chi connectivity index (χ0n) is 13.3. The molecular weight excluding hydrogens is 376 g/mol. The Hall–Kier alpha value is -1.74. The smallest absolute Gasteiger partial charge is 0.241 e. The Morgan fingerprint density at radius 3 is 2.36 bits per heavy atom. The van der Waals surface area contributed by atoms with Crippen LogP contribution in [0.1, 0.15) is 18.4 Å². The van der Waals surface area contributed by atoms with Gasteiger partial charge in [-0.3, -0.25) is 0 Å². The molecule has 3 rings (SSSR count). The van der Waals surface area contributed by atoms with Gasteiger partial charge in [-0.05, 0) is 42.7 Å². The largest absolute Gasteiger partial charge is 0.454 e. The SMILES string of the molecule is NS(=O)(=O)c1cc(C(=S)[S-])cc(N2CCCC2)c1Oc1ccccc1. The lowest BCUT2D eigenvalue weighted by Crippen LogP contribution is -2.21. The van der Waals surface area contributed by atoms with Crippen LogP contribution in [0.3, 0.4) is 0 Å². The quantitative estimate of drug-likeness (QED) is 0.622. The van der Waals surface area contributed by atoms with E-state index >= 15 is 0 Å². The number of nitrogens with two attached hydrogens (primary N) is 1. The van der Waals surface area contributed by atoms with E-state index in [0.29, 0.717) is 17.0 Å². The van der Waals surface area contributed by atoms with E-state index in [-0.39, 0.29) is 14.8 Å². The molecule has 1 fully saturated rings. The van der Waals surface area contributed by atoms with Crippen molar-refractivity contribution in [1.29, 1.82) is 0 Å². The van der Waals surface area contributed by atoms with E-state index in [1.807, 2.05) is 18.2 Å². The molecule has 0 amide bonds. The van der Waals surface area contributed by atoms with Gasteiger partial charge in [0.2, 0.25) is 10.0 Å². The fraction of sp³-hybridized carbons (Fsp3) is 0.235. The fourth-order valence-electron chi connectivity index (χ4n) is 2.82. The topological polar surface area (TPSA) is 72.6 Å². The summed E-state index contributed by atoms with van der Waals surface area (Å²) in [5.74, 6) is 0.743. The minimum Gasteiger partial charge on any atom is -0.454 e. The third-order valence-corrected chi connectivity index (χ3v) is 5.38. The van der Waals surface area contributed by atoms with E-state index in [1.54, 1.807) is 18.2 Å². The zero-order chi connectivity index (χ0) is 18.0. The summed E-state index contributed by atoms with van der Waals surface area (Å²) >= 11 is 10.1. The van der Waals surface area contributed by atoms with Crippen LogP contribution in [0.4, 0.5) is 5.69 Å².